The van der Waals surface area contributed by atoms with Gasteiger partial charge in [-0.3, -0.25) is 4.79 Å². The van der Waals surface area contributed by atoms with Crippen LogP contribution in [0, 0.1) is 34.6 Å². The van der Waals surface area contributed by atoms with Gasteiger partial charge in [-0.2, -0.15) is 5.10 Å². The Morgan fingerprint density at radius 3 is 2.21 bits per heavy atom. The van der Waals surface area contributed by atoms with E-state index >= 15 is 0 Å². The summed E-state index contributed by atoms with van der Waals surface area (Å²) in [5.41, 5.74) is 8.74. The zero-order chi connectivity index (χ0) is 23.3. The van der Waals surface area contributed by atoms with E-state index in [0.717, 1.165) is 33.5 Å². The van der Waals surface area contributed by atoms with Gasteiger partial charge in [0.25, 0.3) is 5.56 Å². The second-order valence-electron chi connectivity index (χ2n) is 8.42. The van der Waals surface area contributed by atoms with Gasteiger partial charge in [0, 0.05) is 18.0 Å². The van der Waals surface area contributed by atoms with Gasteiger partial charge >= 0.3 is 0 Å². The first-order valence-corrected chi connectivity index (χ1v) is 10.8. The van der Waals surface area contributed by atoms with E-state index in [1.807, 2.05) is 45.0 Å². The van der Waals surface area contributed by atoms with Crippen LogP contribution in [0.25, 0.3) is 33.8 Å². The van der Waals surface area contributed by atoms with E-state index in [4.69, 9.17) is 0 Å². The second-order valence-corrected chi connectivity index (χ2v) is 8.42. The number of nitrogens with zero attached hydrogens (tertiary/aromatic N) is 6. The van der Waals surface area contributed by atoms with Crippen LogP contribution >= 0.6 is 0 Å². The van der Waals surface area contributed by atoms with Crippen molar-refractivity contribution >= 4 is 11.0 Å². The molecule has 5 rings (SSSR count). The molecule has 5 aromatic rings. The first kappa shape index (κ1) is 20.8. The molecule has 0 amide bonds. The SMILES string of the molecule is Cc1cc(C)c(-n2nc(C)c3ncn(-c4ncc(-c5ccccc5C)cn4)c(=O)c32)cc1C. The van der Waals surface area contributed by atoms with Gasteiger partial charge in [0.2, 0.25) is 5.95 Å². The number of hydrogen-bond acceptors (Lipinski definition) is 5. The van der Waals surface area contributed by atoms with Gasteiger partial charge in [-0.05, 0) is 68.5 Å². The van der Waals surface area contributed by atoms with Crippen molar-refractivity contribution in [3.05, 3.63) is 93.4 Å². The highest BCUT2D eigenvalue weighted by Gasteiger charge is 2.19. The molecule has 0 aliphatic carbocycles. The standard InChI is InChI=1S/C26H24N6O/c1-15-8-6-7-9-21(15)20-12-27-26(28-13-20)31-14-29-23-19(5)30-32(24(23)25(31)33)22-11-17(3)16(2)10-18(22)4/h6-14H,1-5H3. The molecular formula is C26H24N6O. The molecule has 0 bridgehead atoms. The molecule has 0 aliphatic rings. The molecule has 0 aliphatic heterocycles. The van der Waals surface area contributed by atoms with E-state index in [-0.39, 0.29) is 11.5 Å². The zero-order valence-electron chi connectivity index (χ0n) is 19.3. The first-order chi connectivity index (χ1) is 15.8. The molecule has 3 aromatic heterocycles. The fourth-order valence-electron chi connectivity index (χ4n) is 4.12. The van der Waals surface area contributed by atoms with Crippen LogP contribution in [0.15, 0.2) is 59.9 Å². The van der Waals surface area contributed by atoms with Crippen molar-refractivity contribution in [2.24, 2.45) is 0 Å². The zero-order valence-corrected chi connectivity index (χ0v) is 19.3. The number of aryl methyl sites for hydroxylation is 5. The predicted molar refractivity (Wildman–Crippen MR) is 129 cm³/mol. The smallest absolute Gasteiger partial charge is 0.266 e. The van der Waals surface area contributed by atoms with E-state index < -0.39 is 0 Å². The summed E-state index contributed by atoms with van der Waals surface area (Å²) in [7, 11) is 0. The molecule has 0 radical (unpaired) electrons. The molecule has 0 spiro atoms. The lowest BCUT2D eigenvalue weighted by molar-refractivity contribution is 0.843. The lowest BCUT2D eigenvalue weighted by Crippen LogP contribution is -2.23. The highest BCUT2D eigenvalue weighted by molar-refractivity contribution is 5.79. The maximum atomic E-state index is 13.6. The number of hydrogen-bond donors (Lipinski definition) is 0. The minimum atomic E-state index is -0.262. The van der Waals surface area contributed by atoms with Gasteiger partial charge in [0.05, 0.1) is 11.4 Å². The van der Waals surface area contributed by atoms with Gasteiger partial charge in [0.1, 0.15) is 11.8 Å². The molecule has 0 N–H and O–H groups in total. The van der Waals surface area contributed by atoms with E-state index in [0.29, 0.717) is 16.7 Å². The molecule has 3 heterocycles. The second kappa shape index (κ2) is 7.78. The number of fused-ring (bicyclic) bond motifs is 1. The lowest BCUT2D eigenvalue weighted by atomic mass is 10.0. The average Bonchev–Trinajstić information content (AvgIpc) is 3.14. The van der Waals surface area contributed by atoms with E-state index in [9.17, 15) is 4.79 Å². The number of benzene rings is 2. The van der Waals surface area contributed by atoms with Crippen molar-refractivity contribution < 1.29 is 0 Å². The molecule has 7 heteroatoms. The van der Waals surface area contributed by atoms with Gasteiger partial charge < -0.3 is 0 Å². The van der Waals surface area contributed by atoms with Crippen molar-refractivity contribution in [2.45, 2.75) is 34.6 Å². The van der Waals surface area contributed by atoms with Crippen LogP contribution < -0.4 is 5.56 Å². The van der Waals surface area contributed by atoms with Crippen LogP contribution in [0.5, 0.6) is 0 Å². The van der Waals surface area contributed by atoms with Crippen molar-refractivity contribution in [1.82, 2.24) is 29.3 Å². The Labute approximate surface area is 191 Å². The van der Waals surface area contributed by atoms with E-state index in [1.54, 1.807) is 17.1 Å². The van der Waals surface area contributed by atoms with Crippen molar-refractivity contribution in [3.8, 4) is 22.8 Å². The summed E-state index contributed by atoms with van der Waals surface area (Å²) in [6, 6.07) is 12.2. The van der Waals surface area contributed by atoms with Crippen LogP contribution in [0.3, 0.4) is 0 Å². The minimum absolute atomic E-state index is 0.262. The average molecular weight is 437 g/mol. The molecule has 164 valence electrons. The van der Waals surface area contributed by atoms with Crippen LogP contribution in [-0.4, -0.2) is 29.3 Å². The van der Waals surface area contributed by atoms with Crippen molar-refractivity contribution in [3.63, 3.8) is 0 Å². The number of rotatable bonds is 3. The molecule has 33 heavy (non-hydrogen) atoms. The monoisotopic (exact) mass is 436 g/mol. The molecule has 0 atom stereocenters. The molecular weight excluding hydrogens is 412 g/mol. The van der Waals surface area contributed by atoms with Gasteiger partial charge in [-0.15, -0.1) is 0 Å². The summed E-state index contributed by atoms with van der Waals surface area (Å²) in [5, 5.41) is 4.65. The molecule has 2 aromatic carbocycles. The molecule has 0 fully saturated rings. The summed E-state index contributed by atoms with van der Waals surface area (Å²) in [6.07, 6.45) is 4.94. The largest absolute Gasteiger partial charge is 0.286 e. The fraction of sp³-hybridized carbons (Fsp3) is 0.192. The summed E-state index contributed by atoms with van der Waals surface area (Å²) < 4.78 is 3.07. The normalized spacial score (nSPS) is 11.3. The van der Waals surface area contributed by atoms with Gasteiger partial charge in [0.15, 0.2) is 5.52 Å². The van der Waals surface area contributed by atoms with Crippen LogP contribution in [-0.2, 0) is 0 Å². The quantitative estimate of drug-likeness (QED) is 0.414. The van der Waals surface area contributed by atoms with Crippen molar-refractivity contribution in [2.75, 3.05) is 0 Å². The lowest BCUT2D eigenvalue weighted by Gasteiger charge is -2.11. The molecule has 7 nitrogen and oxygen atoms in total. The maximum absolute atomic E-state index is 13.6. The van der Waals surface area contributed by atoms with E-state index in [1.165, 1.54) is 16.5 Å². The summed E-state index contributed by atoms with van der Waals surface area (Å²) in [5.74, 6) is 0.272. The van der Waals surface area contributed by atoms with Crippen LogP contribution in [0.2, 0.25) is 0 Å². The third-order valence-electron chi connectivity index (χ3n) is 6.10. The van der Waals surface area contributed by atoms with Crippen LogP contribution in [0.1, 0.15) is 27.9 Å². The summed E-state index contributed by atoms with van der Waals surface area (Å²) >= 11 is 0. The van der Waals surface area contributed by atoms with Gasteiger partial charge in [-0.25, -0.2) is 24.2 Å². The van der Waals surface area contributed by atoms with Crippen molar-refractivity contribution in [1.29, 1.82) is 0 Å². The molecule has 0 saturated heterocycles. The minimum Gasteiger partial charge on any atom is -0.266 e. The Bertz CT molecular complexity index is 1580. The maximum Gasteiger partial charge on any atom is 0.286 e. The Morgan fingerprint density at radius 1 is 0.788 bits per heavy atom. The van der Waals surface area contributed by atoms with E-state index in [2.05, 4.69) is 46.0 Å². The third kappa shape index (κ3) is 3.42. The Kier molecular flexibility index (Phi) is 4.89. The number of aromatic nitrogens is 6. The highest BCUT2D eigenvalue weighted by Crippen LogP contribution is 2.24. The molecule has 0 saturated carbocycles. The Morgan fingerprint density at radius 2 is 1.48 bits per heavy atom. The predicted octanol–water partition coefficient (Wildman–Crippen LogP) is 4.57. The first-order valence-electron chi connectivity index (χ1n) is 10.8. The fourth-order valence-corrected chi connectivity index (χ4v) is 4.12. The topological polar surface area (TPSA) is 78.5 Å². The molecule has 0 unspecified atom stereocenters. The Hall–Kier alpha value is -4.13. The summed E-state index contributed by atoms with van der Waals surface area (Å²) in [6.45, 7) is 10.1. The van der Waals surface area contributed by atoms with Gasteiger partial charge in [-0.1, -0.05) is 30.3 Å². The summed E-state index contributed by atoms with van der Waals surface area (Å²) in [4.78, 5) is 27.1. The highest BCUT2D eigenvalue weighted by atomic mass is 16.1. The van der Waals surface area contributed by atoms with Crippen LogP contribution in [0.4, 0.5) is 0 Å². The third-order valence-corrected chi connectivity index (χ3v) is 6.10. The Balaban J connectivity index is 1.67.